The van der Waals surface area contributed by atoms with E-state index in [0.29, 0.717) is 14.2 Å². The van der Waals surface area contributed by atoms with Crippen molar-refractivity contribution in [1.29, 1.82) is 0 Å². The Kier molecular flexibility index (Phi) is 2.98. The molecule has 0 saturated heterocycles. The zero-order chi connectivity index (χ0) is 8.43. The van der Waals surface area contributed by atoms with E-state index >= 15 is 0 Å². The first kappa shape index (κ1) is 9.09. The fourth-order valence-corrected chi connectivity index (χ4v) is 1.85. The first-order valence-corrected chi connectivity index (χ1v) is 4.38. The van der Waals surface area contributed by atoms with Gasteiger partial charge in [0.25, 0.3) is 0 Å². The molecule has 0 aromatic heterocycles. The Morgan fingerprint density at radius 2 is 2.09 bits per heavy atom. The van der Waals surface area contributed by atoms with E-state index in [1.807, 2.05) is 22.6 Å². The maximum absolute atomic E-state index is 9.30. The predicted molar refractivity (Wildman–Crippen MR) is 51.8 cm³/mol. The molecule has 2 nitrogen and oxygen atoms in total. The van der Waals surface area contributed by atoms with Crippen LogP contribution in [0.25, 0.3) is 0 Å². The van der Waals surface area contributed by atoms with Gasteiger partial charge in [0.1, 0.15) is 5.75 Å². The highest BCUT2D eigenvalue weighted by molar-refractivity contribution is 14.1. The third-order valence-corrected chi connectivity index (χ3v) is 2.32. The molecule has 0 amide bonds. The first-order chi connectivity index (χ1) is 5.15. The summed E-state index contributed by atoms with van der Waals surface area (Å²) in [5.74, 6) is 0.109. The molecule has 0 aliphatic heterocycles. The summed E-state index contributed by atoms with van der Waals surface area (Å²) in [5.41, 5.74) is 0.460. The Hall–Kier alpha value is -0.000000000000000111. The third-order valence-electron chi connectivity index (χ3n) is 1.28. The maximum Gasteiger partial charge on any atom is 0.134 e. The number of aliphatic hydroxyl groups excluding tert-OH is 1. The molecular weight excluding hydrogens is 278 g/mol. The molecule has 0 spiro atoms. The van der Waals surface area contributed by atoms with E-state index in [1.165, 1.54) is 0 Å². The van der Waals surface area contributed by atoms with E-state index in [9.17, 15) is 5.11 Å². The summed E-state index contributed by atoms with van der Waals surface area (Å²) in [7, 11) is 0. The van der Waals surface area contributed by atoms with Gasteiger partial charge in [0.15, 0.2) is 0 Å². The molecule has 0 saturated carbocycles. The first-order valence-electron chi connectivity index (χ1n) is 2.93. The summed E-state index contributed by atoms with van der Waals surface area (Å²) in [4.78, 5) is 0. The summed E-state index contributed by atoms with van der Waals surface area (Å²) < 4.78 is 0.652. The van der Waals surface area contributed by atoms with Crippen LogP contribution in [-0.2, 0) is 6.61 Å². The lowest BCUT2D eigenvalue weighted by atomic mass is 10.2. The summed E-state index contributed by atoms with van der Waals surface area (Å²) in [6.07, 6.45) is 0. The lowest BCUT2D eigenvalue weighted by Gasteiger charge is -2.03. The molecule has 1 aromatic rings. The molecule has 1 rings (SSSR count). The number of aliphatic hydroxyl groups is 1. The topological polar surface area (TPSA) is 40.5 Å². The van der Waals surface area contributed by atoms with Gasteiger partial charge in [-0.25, -0.2) is 0 Å². The second-order valence-corrected chi connectivity index (χ2v) is 3.65. The van der Waals surface area contributed by atoms with Crippen molar-refractivity contribution < 1.29 is 10.2 Å². The summed E-state index contributed by atoms with van der Waals surface area (Å²) in [6.45, 7) is -0.192. The minimum absolute atomic E-state index is 0.109. The van der Waals surface area contributed by atoms with Crippen LogP contribution in [0.3, 0.4) is 0 Å². The molecule has 0 aliphatic carbocycles. The largest absolute Gasteiger partial charge is 0.506 e. The fourth-order valence-electron chi connectivity index (χ4n) is 0.740. The quantitative estimate of drug-likeness (QED) is 0.776. The monoisotopic (exact) mass is 284 g/mol. The Bertz CT molecular complexity index is 275. The second-order valence-electron chi connectivity index (χ2n) is 2.05. The van der Waals surface area contributed by atoms with Gasteiger partial charge >= 0.3 is 0 Å². The smallest absolute Gasteiger partial charge is 0.134 e. The molecule has 0 atom stereocenters. The Labute approximate surface area is 82.9 Å². The second kappa shape index (κ2) is 3.60. The van der Waals surface area contributed by atoms with E-state index in [4.69, 9.17) is 16.7 Å². The Morgan fingerprint density at radius 1 is 1.45 bits per heavy atom. The van der Waals surface area contributed by atoms with E-state index in [1.54, 1.807) is 12.1 Å². The van der Waals surface area contributed by atoms with E-state index in [-0.39, 0.29) is 12.4 Å². The molecule has 0 unspecified atom stereocenters. The molecule has 2 N–H and O–H groups in total. The minimum atomic E-state index is -0.192. The van der Waals surface area contributed by atoms with Crippen LogP contribution in [0.4, 0.5) is 0 Å². The predicted octanol–water partition coefficient (Wildman–Crippen LogP) is 2.14. The van der Waals surface area contributed by atoms with Gasteiger partial charge in [-0.15, -0.1) is 0 Å². The summed E-state index contributed by atoms with van der Waals surface area (Å²) in [6, 6.07) is 3.18. The zero-order valence-corrected chi connectivity index (χ0v) is 8.43. The number of aromatic hydroxyl groups is 1. The SMILES string of the molecule is OCc1cc(Cl)cc(I)c1O. The fraction of sp³-hybridized carbons (Fsp3) is 0.143. The molecule has 60 valence electrons. The molecule has 0 aliphatic rings. The molecule has 4 heteroatoms. The third kappa shape index (κ3) is 1.98. The van der Waals surface area contributed by atoms with Gasteiger partial charge < -0.3 is 10.2 Å². The van der Waals surface area contributed by atoms with Crippen molar-refractivity contribution in [2.75, 3.05) is 0 Å². The van der Waals surface area contributed by atoms with Crippen LogP contribution < -0.4 is 0 Å². The van der Waals surface area contributed by atoms with E-state index < -0.39 is 0 Å². The number of benzene rings is 1. The lowest BCUT2D eigenvalue weighted by Crippen LogP contribution is -1.86. The van der Waals surface area contributed by atoms with Gasteiger partial charge in [0.2, 0.25) is 0 Å². The van der Waals surface area contributed by atoms with Gasteiger partial charge in [-0.1, -0.05) is 11.6 Å². The van der Waals surface area contributed by atoms with Crippen LogP contribution in [0.1, 0.15) is 5.56 Å². The van der Waals surface area contributed by atoms with Gasteiger partial charge in [-0.05, 0) is 34.7 Å². The van der Waals surface area contributed by atoms with Gasteiger partial charge in [0.05, 0.1) is 10.2 Å². The van der Waals surface area contributed by atoms with Crippen molar-refractivity contribution in [2.24, 2.45) is 0 Å². The normalized spacial score (nSPS) is 10.1. The maximum atomic E-state index is 9.30. The lowest BCUT2D eigenvalue weighted by molar-refractivity contribution is 0.275. The van der Waals surface area contributed by atoms with Crippen molar-refractivity contribution in [3.05, 3.63) is 26.3 Å². The zero-order valence-electron chi connectivity index (χ0n) is 5.51. The molecule has 0 bridgehead atoms. The molecule has 11 heavy (non-hydrogen) atoms. The van der Waals surface area contributed by atoms with Gasteiger partial charge in [-0.2, -0.15) is 0 Å². The average molecular weight is 284 g/mol. The number of phenols is 1. The minimum Gasteiger partial charge on any atom is -0.506 e. The average Bonchev–Trinajstić information content (AvgIpc) is 1.96. The van der Waals surface area contributed by atoms with Gasteiger partial charge in [-0.3, -0.25) is 0 Å². The highest BCUT2D eigenvalue weighted by Gasteiger charge is 2.05. The van der Waals surface area contributed by atoms with Crippen LogP contribution in [0.5, 0.6) is 5.75 Å². The van der Waals surface area contributed by atoms with Crippen LogP contribution in [0.2, 0.25) is 5.02 Å². The Morgan fingerprint density at radius 3 is 2.64 bits per heavy atom. The van der Waals surface area contributed by atoms with Crippen LogP contribution in [0.15, 0.2) is 12.1 Å². The highest BCUT2D eigenvalue weighted by Crippen LogP contribution is 2.27. The van der Waals surface area contributed by atoms with Crippen molar-refractivity contribution in [3.63, 3.8) is 0 Å². The Balaban J connectivity index is 3.24. The number of hydrogen-bond acceptors (Lipinski definition) is 2. The molecule has 0 radical (unpaired) electrons. The van der Waals surface area contributed by atoms with Crippen molar-refractivity contribution >= 4 is 34.2 Å². The van der Waals surface area contributed by atoms with Crippen molar-refractivity contribution in [3.8, 4) is 5.75 Å². The number of rotatable bonds is 1. The molecular formula is C7H6ClIO2. The number of halogens is 2. The van der Waals surface area contributed by atoms with Crippen LogP contribution in [0, 0.1) is 3.57 Å². The summed E-state index contributed by atoms with van der Waals surface area (Å²) in [5, 5.41) is 18.6. The summed E-state index contributed by atoms with van der Waals surface area (Å²) >= 11 is 7.63. The molecule has 0 fully saturated rings. The standard InChI is InChI=1S/C7H6ClIO2/c8-5-1-4(3-10)7(11)6(9)2-5/h1-2,10-11H,3H2. The van der Waals surface area contributed by atoms with Crippen LogP contribution in [-0.4, -0.2) is 10.2 Å². The van der Waals surface area contributed by atoms with E-state index in [2.05, 4.69) is 0 Å². The van der Waals surface area contributed by atoms with Crippen LogP contribution >= 0.6 is 34.2 Å². The van der Waals surface area contributed by atoms with Gasteiger partial charge in [0, 0.05) is 10.6 Å². The molecule has 0 heterocycles. The van der Waals surface area contributed by atoms with Crippen molar-refractivity contribution in [2.45, 2.75) is 6.61 Å². The van der Waals surface area contributed by atoms with E-state index in [0.717, 1.165) is 0 Å². The number of hydrogen-bond donors (Lipinski definition) is 2. The highest BCUT2D eigenvalue weighted by atomic mass is 127. The van der Waals surface area contributed by atoms with Crippen molar-refractivity contribution in [1.82, 2.24) is 0 Å². The molecule has 1 aromatic carbocycles.